The lowest BCUT2D eigenvalue weighted by atomic mass is 10.2. The number of hydrogen-bond donors (Lipinski definition) is 1. The van der Waals surface area contributed by atoms with E-state index in [1.54, 1.807) is 12.1 Å². The third-order valence-corrected chi connectivity index (χ3v) is 4.96. The second kappa shape index (κ2) is 7.68. The summed E-state index contributed by atoms with van der Waals surface area (Å²) in [7, 11) is 0. The molecule has 116 valence electrons. The highest BCUT2D eigenvalue weighted by molar-refractivity contribution is 8.23. The summed E-state index contributed by atoms with van der Waals surface area (Å²) in [5, 5.41) is 25.0. The summed E-state index contributed by atoms with van der Waals surface area (Å²) >= 11 is 7.42. The van der Waals surface area contributed by atoms with Gasteiger partial charge in [-0.05, 0) is 6.07 Å². The van der Waals surface area contributed by atoms with Crippen molar-refractivity contribution in [1.82, 2.24) is 5.01 Å². The molecule has 1 saturated heterocycles. The van der Waals surface area contributed by atoms with Crippen LogP contribution < -0.4 is 0 Å². The first-order chi connectivity index (χ1) is 10.5. The third kappa shape index (κ3) is 4.03. The molecule has 2 rings (SSSR count). The number of thioether (sulfide) groups is 2. The fraction of sp³-hybridized carbons (Fsp3) is 0.250. The van der Waals surface area contributed by atoms with Gasteiger partial charge < -0.3 is 5.11 Å². The molecule has 1 aromatic rings. The molecule has 1 aliphatic heterocycles. The van der Waals surface area contributed by atoms with Crippen LogP contribution in [0.1, 0.15) is 5.56 Å². The Labute approximate surface area is 139 Å². The number of hydrazone groups is 1. The van der Waals surface area contributed by atoms with E-state index in [0.29, 0.717) is 20.5 Å². The largest absolute Gasteiger partial charge is 0.396 e. The lowest BCUT2D eigenvalue weighted by Gasteiger charge is -2.07. The molecule has 1 fully saturated rings. The first-order valence-electron chi connectivity index (χ1n) is 6.08. The van der Waals surface area contributed by atoms with Crippen LogP contribution in [0.5, 0.6) is 0 Å². The van der Waals surface area contributed by atoms with Crippen molar-refractivity contribution < 1.29 is 14.8 Å². The van der Waals surface area contributed by atoms with E-state index in [9.17, 15) is 14.9 Å². The van der Waals surface area contributed by atoms with E-state index in [-0.39, 0.29) is 24.0 Å². The number of rotatable bonds is 6. The SMILES string of the molecule is O=C1CSC(=S)N1N=Cc1ccc(SCCO)c([N+](=O)[O-])c1. The number of carbonyl (C=O) groups is 1. The number of nitro groups is 1. The summed E-state index contributed by atoms with van der Waals surface area (Å²) in [6, 6.07) is 4.63. The van der Waals surface area contributed by atoms with Crippen molar-refractivity contribution in [3.05, 3.63) is 33.9 Å². The molecule has 0 atom stereocenters. The van der Waals surface area contributed by atoms with Crippen LogP contribution in [0.25, 0.3) is 0 Å². The number of amides is 1. The second-order valence-electron chi connectivity index (χ2n) is 4.06. The van der Waals surface area contributed by atoms with E-state index in [1.165, 1.54) is 35.8 Å². The number of aliphatic hydroxyl groups excluding tert-OH is 1. The summed E-state index contributed by atoms with van der Waals surface area (Å²) in [4.78, 5) is 22.6. The van der Waals surface area contributed by atoms with Crippen LogP contribution in [0.3, 0.4) is 0 Å². The maximum Gasteiger partial charge on any atom is 0.283 e. The van der Waals surface area contributed by atoms with Gasteiger partial charge in [-0.25, -0.2) is 0 Å². The van der Waals surface area contributed by atoms with Crippen LogP contribution in [-0.2, 0) is 4.79 Å². The lowest BCUT2D eigenvalue weighted by Crippen LogP contribution is -2.22. The molecule has 7 nitrogen and oxygen atoms in total. The maximum absolute atomic E-state index is 11.5. The van der Waals surface area contributed by atoms with Gasteiger partial charge in [0.15, 0.2) is 4.32 Å². The third-order valence-electron chi connectivity index (χ3n) is 2.58. The minimum absolute atomic E-state index is 0.0583. The Morgan fingerprint density at radius 3 is 2.95 bits per heavy atom. The van der Waals surface area contributed by atoms with Gasteiger partial charge in [-0.1, -0.05) is 30.0 Å². The van der Waals surface area contributed by atoms with Crippen molar-refractivity contribution >= 4 is 57.9 Å². The van der Waals surface area contributed by atoms with Crippen molar-refractivity contribution in [1.29, 1.82) is 0 Å². The van der Waals surface area contributed by atoms with Crippen molar-refractivity contribution in [2.24, 2.45) is 5.10 Å². The average Bonchev–Trinajstić information content (AvgIpc) is 2.82. The van der Waals surface area contributed by atoms with Gasteiger partial charge in [-0.2, -0.15) is 10.1 Å². The topological polar surface area (TPSA) is 96.0 Å². The molecular weight excluding hydrogens is 346 g/mol. The molecule has 1 N–H and O–H groups in total. The van der Waals surface area contributed by atoms with Gasteiger partial charge in [0.1, 0.15) is 0 Å². The van der Waals surface area contributed by atoms with Gasteiger partial charge in [-0.15, -0.1) is 11.8 Å². The van der Waals surface area contributed by atoms with Gasteiger partial charge >= 0.3 is 0 Å². The first-order valence-corrected chi connectivity index (χ1v) is 8.46. The summed E-state index contributed by atoms with van der Waals surface area (Å²) < 4.78 is 0.367. The van der Waals surface area contributed by atoms with Crippen LogP contribution in [0.4, 0.5) is 5.69 Å². The second-order valence-corrected chi connectivity index (χ2v) is 6.81. The van der Waals surface area contributed by atoms with E-state index in [1.807, 2.05) is 0 Å². The van der Waals surface area contributed by atoms with Crippen LogP contribution in [0, 0.1) is 10.1 Å². The van der Waals surface area contributed by atoms with Gasteiger partial charge in [0.2, 0.25) is 0 Å². The summed E-state index contributed by atoms with van der Waals surface area (Å²) in [6.07, 6.45) is 1.36. The average molecular weight is 357 g/mol. The molecule has 1 amide bonds. The van der Waals surface area contributed by atoms with E-state index < -0.39 is 4.92 Å². The first kappa shape index (κ1) is 16.9. The monoisotopic (exact) mass is 357 g/mol. The maximum atomic E-state index is 11.5. The van der Waals surface area contributed by atoms with Crippen molar-refractivity contribution in [2.45, 2.75) is 4.90 Å². The molecule has 1 aromatic carbocycles. The Bertz CT molecular complexity index is 635. The number of benzene rings is 1. The Kier molecular flexibility index (Phi) is 5.89. The predicted molar refractivity (Wildman–Crippen MR) is 90.4 cm³/mol. The zero-order valence-corrected chi connectivity index (χ0v) is 13.6. The van der Waals surface area contributed by atoms with E-state index in [4.69, 9.17) is 17.3 Å². The molecule has 1 heterocycles. The molecule has 1 aliphatic rings. The van der Waals surface area contributed by atoms with Crippen LogP contribution in [0.15, 0.2) is 28.2 Å². The fourth-order valence-electron chi connectivity index (χ4n) is 1.62. The van der Waals surface area contributed by atoms with Gasteiger partial charge in [0, 0.05) is 17.4 Å². The molecule has 0 aliphatic carbocycles. The molecule has 0 radical (unpaired) electrons. The smallest absolute Gasteiger partial charge is 0.283 e. The minimum atomic E-state index is -0.488. The van der Waals surface area contributed by atoms with Crippen molar-refractivity contribution in [2.75, 3.05) is 18.1 Å². The Balaban J connectivity index is 2.21. The van der Waals surface area contributed by atoms with Crippen LogP contribution in [-0.4, -0.2) is 49.6 Å². The van der Waals surface area contributed by atoms with Crippen LogP contribution in [0.2, 0.25) is 0 Å². The van der Waals surface area contributed by atoms with Gasteiger partial charge in [0.05, 0.1) is 28.4 Å². The highest BCUT2D eigenvalue weighted by Crippen LogP contribution is 2.29. The number of thiocarbonyl (C=S) groups is 1. The molecule has 22 heavy (non-hydrogen) atoms. The standard InChI is InChI=1S/C12H11N3O4S3/c16-3-4-21-10-2-1-8(5-9(10)15(18)19)6-13-14-11(17)7-22-12(14)20/h1-2,5-6,16H,3-4,7H2. The Morgan fingerprint density at radius 1 is 1.59 bits per heavy atom. The number of nitrogens with zero attached hydrogens (tertiary/aromatic N) is 3. The zero-order chi connectivity index (χ0) is 16.1. The van der Waals surface area contributed by atoms with Gasteiger partial charge in [0.25, 0.3) is 11.6 Å². The zero-order valence-electron chi connectivity index (χ0n) is 11.2. The predicted octanol–water partition coefficient (Wildman–Crippen LogP) is 1.87. The Morgan fingerprint density at radius 2 is 2.36 bits per heavy atom. The van der Waals surface area contributed by atoms with E-state index in [2.05, 4.69) is 5.10 Å². The highest BCUT2D eigenvalue weighted by atomic mass is 32.2. The summed E-state index contributed by atoms with van der Waals surface area (Å²) in [5.41, 5.74) is 0.430. The molecule has 0 bridgehead atoms. The highest BCUT2D eigenvalue weighted by Gasteiger charge is 2.26. The molecule has 0 aromatic heterocycles. The molecular formula is C12H11N3O4S3. The molecule has 0 unspecified atom stereocenters. The Hall–Kier alpha value is -1.49. The van der Waals surface area contributed by atoms with E-state index >= 15 is 0 Å². The molecule has 10 heteroatoms. The summed E-state index contributed by atoms with van der Waals surface area (Å²) in [5.74, 6) is 0.422. The number of nitro benzene ring substituents is 1. The van der Waals surface area contributed by atoms with Gasteiger partial charge in [-0.3, -0.25) is 14.9 Å². The normalized spacial score (nSPS) is 15.0. The van der Waals surface area contributed by atoms with Crippen molar-refractivity contribution in [3.63, 3.8) is 0 Å². The molecule has 0 saturated carbocycles. The number of hydrogen-bond acceptors (Lipinski definition) is 8. The van der Waals surface area contributed by atoms with Crippen molar-refractivity contribution in [3.8, 4) is 0 Å². The number of carbonyl (C=O) groups excluding carboxylic acids is 1. The van der Waals surface area contributed by atoms with E-state index in [0.717, 1.165) is 5.01 Å². The molecule has 0 spiro atoms. The summed E-state index contributed by atoms with van der Waals surface area (Å²) in [6.45, 7) is -0.0583. The quantitative estimate of drug-likeness (QED) is 0.273. The number of aliphatic hydroxyl groups is 1. The fourth-order valence-corrected chi connectivity index (χ4v) is 3.34. The van der Waals surface area contributed by atoms with Crippen LogP contribution >= 0.6 is 35.7 Å². The minimum Gasteiger partial charge on any atom is -0.396 e. The lowest BCUT2D eigenvalue weighted by molar-refractivity contribution is -0.387.